The van der Waals surface area contributed by atoms with Gasteiger partial charge in [-0.15, -0.1) is 11.3 Å². The van der Waals surface area contributed by atoms with Crippen LogP contribution in [-0.2, 0) is 4.79 Å². The topological polar surface area (TPSA) is 103 Å². The van der Waals surface area contributed by atoms with Crippen LogP contribution < -0.4 is 5.32 Å². The molecule has 0 unspecified atom stereocenters. The molecule has 1 amide bonds. The minimum Gasteiger partial charge on any atom is -0.478 e. The van der Waals surface area contributed by atoms with E-state index in [-0.39, 0.29) is 11.1 Å². The van der Waals surface area contributed by atoms with Crippen LogP contribution in [0.3, 0.4) is 0 Å². The number of carboxylic acid groups (broad SMARTS) is 1. The first-order chi connectivity index (χ1) is 10.1. The molecule has 0 atom stereocenters. The summed E-state index contributed by atoms with van der Waals surface area (Å²) in [5.74, 6) is -1.60. The van der Waals surface area contributed by atoms with Crippen molar-refractivity contribution in [3.8, 4) is 6.07 Å². The Bertz CT molecular complexity index is 728. The number of aromatic carboxylic acids is 1. The van der Waals surface area contributed by atoms with Crippen molar-refractivity contribution in [1.29, 1.82) is 5.26 Å². The molecule has 2 aromatic rings. The van der Waals surface area contributed by atoms with Crippen LogP contribution in [0.5, 0.6) is 0 Å². The number of nitrogens with zero attached hydrogens (tertiary/aromatic N) is 2. The molecule has 0 fully saturated rings. The molecule has 104 valence electrons. The van der Waals surface area contributed by atoms with Crippen LogP contribution in [0.2, 0.25) is 0 Å². The molecule has 0 bridgehead atoms. The zero-order chi connectivity index (χ0) is 15.2. The van der Waals surface area contributed by atoms with Crippen molar-refractivity contribution in [2.24, 2.45) is 0 Å². The number of nitrogens with one attached hydrogen (secondary N) is 1. The molecule has 0 aliphatic heterocycles. The van der Waals surface area contributed by atoms with Gasteiger partial charge in [0.25, 0.3) is 5.91 Å². The van der Waals surface area contributed by atoms with Gasteiger partial charge in [-0.2, -0.15) is 5.26 Å². The molecular formula is C14H9N3O3S. The Balaban J connectivity index is 2.18. The summed E-state index contributed by atoms with van der Waals surface area (Å²) >= 11 is 1.25. The molecule has 1 heterocycles. The maximum atomic E-state index is 11.9. The second kappa shape index (κ2) is 6.45. The molecule has 0 spiro atoms. The standard InChI is InChI=1S/C14H9N3O3S/c15-8-11(12(18)17-14-16-5-6-21-14)7-9-1-3-10(4-2-9)13(19)20/h1-7H,(H,19,20)(H,16,17,18)/b11-7+. The number of benzene rings is 1. The fraction of sp³-hybridized carbons (Fsp3) is 0. The van der Waals surface area contributed by atoms with Crippen molar-refractivity contribution >= 4 is 34.4 Å². The van der Waals surface area contributed by atoms with Gasteiger partial charge in [-0.3, -0.25) is 10.1 Å². The monoisotopic (exact) mass is 299 g/mol. The van der Waals surface area contributed by atoms with Gasteiger partial charge in [0.15, 0.2) is 5.13 Å². The van der Waals surface area contributed by atoms with Crippen molar-refractivity contribution in [2.45, 2.75) is 0 Å². The quantitative estimate of drug-likeness (QED) is 0.666. The van der Waals surface area contributed by atoms with Crippen LogP contribution in [0.1, 0.15) is 15.9 Å². The number of carboxylic acids is 1. The van der Waals surface area contributed by atoms with E-state index in [0.717, 1.165) is 0 Å². The van der Waals surface area contributed by atoms with Gasteiger partial charge in [0.2, 0.25) is 0 Å². The lowest BCUT2D eigenvalue weighted by atomic mass is 10.1. The van der Waals surface area contributed by atoms with E-state index in [4.69, 9.17) is 10.4 Å². The van der Waals surface area contributed by atoms with E-state index in [1.807, 2.05) is 6.07 Å². The number of carbonyl (C=O) groups is 2. The molecule has 0 aliphatic carbocycles. The summed E-state index contributed by atoms with van der Waals surface area (Å²) in [5.41, 5.74) is 0.608. The van der Waals surface area contributed by atoms with E-state index in [1.54, 1.807) is 11.6 Å². The Labute approximate surface area is 124 Å². The lowest BCUT2D eigenvalue weighted by molar-refractivity contribution is -0.112. The lowest BCUT2D eigenvalue weighted by Crippen LogP contribution is -2.13. The minimum atomic E-state index is -1.03. The maximum absolute atomic E-state index is 11.9. The fourth-order valence-electron chi connectivity index (χ4n) is 1.49. The molecule has 0 aliphatic rings. The van der Waals surface area contributed by atoms with Gasteiger partial charge in [0, 0.05) is 11.6 Å². The van der Waals surface area contributed by atoms with E-state index in [1.165, 1.54) is 41.7 Å². The van der Waals surface area contributed by atoms with Gasteiger partial charge in [0.05, 0.1) is 5.56 Å². The van der Waals surface area contributed by atoms with Gasteiger partial charge < -0.3 is 5.11 Å². The summed E-state index contributed by atoms with van der Waals surface area (Å²) in [4.78, 5) is 26.5. The van der Waals surface area contributed by atoms with Crippen LogP contribution in [0.25, 0.3) is 6.08 Å². The highest BCUT2D eigenvalue weighted by Crippen LogP contribution is 2.14. The summed E-state index contributed by atoms with van der Waals surface area (Å²) in [6.45, 7) is 0. The fourth-order valence-corrected chi connectivity index (χ4v) is 2.01. The summed E-state index contributed by atoms with van der Waals surface area (Å²) < 4.78 is 0. The Morgan fingerprint density at radius 2 is 2.05 bits per heavy atom. The molecule has 7 heteroatoms. The molecule has 0 saturated heterocycles. The van der Waals surface area contributed by atoms with E-state index in [9.17, 15) is 9.59 Å². The first-order valence-electron chi connectivity index (χ1n) is 5.76. The molecule has 21 heavy (non-hydrogen) atoms. The third-order valence-electron chi connectivity index (χ3n) is 2.49. The second-order valence-corrected chi connectivity index (χ2v) is 4.78. The Hall–Kier alpha value is -2.98. The summed E-state index contributed by atoms with van der Waals surface area (Å²) in [6, 6.07) is 7.67. The molecule has 6 nitrogen and oxygen atoms in total. The number of aromatic nitrogens is 1. The molecule has 2 rings (SSSR count). The van der Waals surface area contributed by atoms with E-state index in [2.05, 4.69) is 10.3 Å². The number of hydrogen-bond donors (Lipinski definition) is 2. The van der Waals surface area contributed by atoms with Crippen molar-refractivity contribution in [3.63, 3.8) is 0 Å². The summed E-state index contributed by atoms with van der Waals surface area (Å²) in [7, 11) is 0. The number of hydrogen-bond acceptors (Lipinski definition) is 5. The highest BCUT2D eigenvalue weighted by atomic mass is 32.1. The van der Waals surface area contributed by atoms with Crippen molar-refractivity contribution in [1.82, 2.24) is 4.98 Å². The minimum absolute atomic E-state index is 0.0896. The highest BCUT2D eigenvalue weighted by Gasteiger charge is 2.11. The van der Waals surface area contributed by atoms with Gasteiger partial charge in [-0.1, -0.05) is 12.1 Å². The normalized spacial score (nSPS) is 10.7. The number of thiazole rings is 1. The zero-order valence-electron chi connectivity index (χ0n) is 10.6. The van der Waals surface area contributed by atoms with Gasteiger partial charge in [0.1, 0.15) is 11.6 Å². The number of rotatable bonds is 4. The van der Waals surface area contributed by atoms with Crippen LogP contribution in [-0.4, -0.2) is 22.0 Å². The van der Waals surface area contributed by atoms with Gasteiger partial charge in [-0.05, 0) is 23.8 Å². The molecule has 2 N–H and O–H groups in total. The average molecular weight is 299 g/mol. The summed E-state index contributed by atoms with van der Waals surface area (Å²) in [6.07, 6.45) is 2.93. The largest absolute Gasteiger partial charge is 0.478 e. The van der Waals surface area contributed by atoms with Crippen molar-refractivity contribution in [3.05, 3.63) is 52.5 Å². The Morgan fingerprint density at radius 1 is 1.33 bits per heavy atom. The number of anilines is 1. The SMILES string of the molecule is N#C/C(=C\c1ccc(C(=O)O)cc1)C(=O)Nc1nccs1. The first kappa shape index (κ1) is 14.4. The predicted molar refractivity (Wildman–Crippen MR) is 77.7 cm³/mol. The summed E-state index contributed by atoms with van der Waals surface area (Å²) in [5, 5.41) is 22.5. The average Bonchev–Trinajstić information content (AvgIpc) is 2.98. The third kappa shape index (κ3) is 3.75. The van der Waals surface area contributed by atoms with E-state index >= 15 is 0 Å². The van der Waals surface area contributed by atoms with Crippen LogP contribution in [0.15, 0.2) is 41.4 Å². The second-order valence-electron chi connectivity index (χ2n) is 3.89. The van der Waals surface area contributed by atoms with Crippen LogP contribution in [0.4, 0.5) is 5.13 Å². The zero-order valence-corrected chi connectivity index (χ0v) is 11.4. The predicted octanol–water partition coefficient (Wildman–Crippen LogP) is 2.39. The molecule has 1 aromatic heterocycles. The Kier molecular flexibility index (Phi) is 4.43. The Morgan fingerprint density at radius 3 is 2.57 bits per heavy atom. The highest BCUT2D eigenvalue weighted by molar-refractivity contribution is 7.13. The third-order valence-corrected chi connectivity index (χ3v) is 3.18. The van der Waals surface area contributed by atoms with E-state index < -0.39 is 11.9 Å². The first-order valence-corrected chi connectivity index (χ1v) is 6.64. The van der Waals surface area contributed by atoms with Crippen molar-refractivity contribution in [2.75, 3.05) is 5.32 Å². The van der Waals surface area contributed by atoms with Crippen molar-refractivity contribution < 1.29 is 14.7 Å². The number of amides is 1. The van der Waals surface area contributed by atoms with Gasteiger partial charge in [-0.25, -0.2) is 9.78 Å². The molecular weight excluding hydrogens is 290 g/mol. The van der Waals surface area contributed by atoms with E-state index in [0.29, 0.717) is 10.7 Å². The van der Waals surface area contributed by atoms with Crippen LogP contribution in [0, 0.1) is 11.3 Å². The van der Waals surface area contributed by atoms with Gasteiger partial charge >= 0.3 is 5.97 Å². The lowest BCUT2D eigenvalue weighted by Gasteiger charge is -2.00. The smallest absolute Gasteiger partial charge is 0.335 e. The van der Waals surface area contributed by atoms with Crippen LogP contribution >= 0.6 is 11.3 Å². The maximum Gasteiger partial charge on any atom is 0.335 e. The number of carbonyl (C=O) groups excluding carboxylic acids is 1. The molecule has 0 radical (unpaired) electrons. The molecule has 1 aromatic carbocycles. The molecule has 0 saturated carbocycles. The number of nitriles is 1.